The number of halogens is 1. The Morgan fingerprint density at radius 3 is 2.70 bits per heavy atom. The quantitative estimate of drug-likeness (QED) is 0.879. The van der Waals surface area contributed by atoms with E-state index in [1.54, 1.807) is 6.20 Å². The van der Waals surface area contributed by atoms with Crippen molar-refractivity contribution in [1.82, 2.24) is 4.98 Å². The molecule has 1 heterocycles. The molecule has 1 aromatic carbocycles. The van der Waals surface area contributed by atoms with E-state index in [0.717, 1.165) is 15.7 Å². The number of para-hydroxylation sites is 1. The topological polar surface area (TPSA) is 57.4 Å². The molecule has 5 heteroatoms. The Labute approximate surface area is 127 Å². The summed E-state index contributed by atoms with van der Waals surface area (Å²) in [6.07, 6.45) is 1.75. The van der Waals surface area contributed by atoms with Crippen LogP contribution in [0.15, 0.2) is 41.0 Å². The molecule has 20 heavy (non-hydrogen) atoms. The lowest BCUT2D eigenvalue weighted by Crippen LogP contribution is -2.06. The van der Waals surface area contributed by atoms with E-state index in [1.165, 1.54) is 0 Å². The molecule has 1 aromatic heterocycles. The summed E-state index contributed by atoms with van der Waals surface area (Å²) in [5, 5.41) is 0. The minimum absolute atomic E-state index is 0.379. The van der Waals surface area contributed by atoms with Crippen molar-refractivity contribution < 1.29 is 9.47 Å². The van der Waals surface area contributed by atoms with E-state index < -0.39 is 0 Å². The van der Waals surface area contributed by atoms with E-state index in [0.29, 0.717) is 31.3 Å². The zero-order chi connectivity index (χ0) is 14.4. The first-order valence-electron chi connectivity index (χ1n) is 6.42. The van der Waals surface area contributed by atoms with Gasteiger partial charge in [-0.1, -0.05) is 12.1 Å². The Balaban J connectivity index is 2.16. The van der Waals surface area contributed by atoms with Crippen molar-refractivity contribution in [2.24, 2.45) is 5.73 Å². The molecule has 0 saturated carbocycles. The Morgan fingerprint density at radius 2 is 2.05 bits per heavy atom. The van der Waals surface area contributed by atoms with E-state index in [2.05, 4.69) is 20.9 Å². The minimum atomic E-state index is 0.379. The predicted molar refractivity (Wildman–Crippen MR) is 81.8 cm³/mol. The van der Waals surface area contributed by atoms with Crippen molar-refractivity contribution >= 4 is 15.9 Å². The van der Waals surface area contributed by atoms with Crippen LogP contribution in [0, 0.1) is 0 Å². The smallest absolute Gasteiger partial charge is 0.166 e. The molecule has 0 atom stereocenters. The van der Waals surface area contributed by atoms with Crippen molar-refractivity contribution in [2.75, 3.05) is 6.61 Å². The second-order valence-corrected chi connectivity index (χ2v) is 5.05. The molecule has 0 radical (unpaired) electrons. The van der Waals surface area contributed by atoms with Crippen LogP contribution in [-0.4, -0.2) is 11.6 Å². The van der Waals surface area contributed by atoms with Crippen LogP contribution in [-0.2, 0) is 13.2 Å². The van der Waals surface area contributed by atoms with Crippen LogP contribution in [0.2, 0.25) is 0 Å². The van der Waals surface area contributed by atoms with Gasteiger partial charge in [-0.15, -0.1) is 0 Å². The number of rotatable bonds is 6. The average Bonchev–Trinajstić information content (AvgIpc) is 2.47. The third-order valence-electron chi connectivity index (χ3n) is 2.73. The molecule has 2 rings (SSSR count). The Kier molecular flexibility index (Phi) is 5.38. The molecule has 0 aliphatic heterocycles. The van der Waals surface area contributed by atoms with Gasteiger partial charge in [0.05, 0.1) is 12.3 Å². The largest absolute Gasteiger partial charge is 0.490 e. The van der Waals surface area contributed by atoms with Gasteiger partial charge in [0.2, 0.25) is 0 Å². The normalized spacial score (nSPS) is 10.3. The maximum Gasteiger partial charge on any atom is 0.166 e. The summed E-state index contributed by atoms with van der Waals surface area (Å²) >= 11 is 3.36. The fourth-order valence-corrected chi connectivity index (χ4v) is 2.03. The lowest BCUT2D eigenvalue weighted by molar-refractivity contribution is 0.264. The molecule has 106 valence electrons. The molecule has 2 N–H and O–H groups in total. The summed E-state index contributed by atoms with van der Waals surface area (Å²) in [7, 11) is 0. The molecule has 0 aliphatic rings. The molecule has 2 aromatic rings. The van der Waals surface area contributed by atoms with Crippen molar-refractivity contribution in [1.29, 1.82) is 0 Å². The fraction of sp³-hybridized carbons (Fsp3) is 0.267. The lowest BCUT2D eigenvalue weighted by Gasteiger charge is -2.15. The summed E-state index contributed by atoms with van der Waals surface area (Å²) in [6.45, 7) is 3.31. The Morgan fingerprint density at radius 1 is 1.20 bits per heavy atom. The summed E-state index contributed by atoms with van der Waals surface area (Å²) < 4.78 is 12.4. The molecule has 0 saturated heterocycles. The van der Waals surface area contributed by atoms with Crippen LogP contribution in [0.5, 0.6) is 11.5 Å². The van der Waals surface area contributed by atoms with Gasteiger partial charge in [0.1, 0.15) is 6.61 Å². The van der Waals surface area contributed by atoms with Gasteiger partial charge in [0, 0.05) is 22.8 Å². The standard InChI is InChI=1S/C15H17BrN2O2/c1-2-19-14-5-3-4-11(8-17)15(14)20-10-13-7-6-12(16)9-18-13/h3-7,9H,2,8,10,17H2,1H3. The second-order valence-electron chi connectivity index (χ2n) is 4.14. The first-order valence-corrected chi connectivity index (χ1v) is 7.22. The van der Waals surface area contributed by atoms with Crippen molar-refractivity contribution in [3.63, 3.8) is 0 Å². The monoisotopic (exact) mass is 336 g/mol. The number of pyridine rings is 1. The van der Waals surface area contributed by atoms with E-state index in [1.807, 2.05) is 37.3 Å². The lowest BCUT2D eigenvalue weighted by atomic mass is 10.2. The van der Waals surface area contributed by atoms with E-state index in [4.69, 9.17) is 15.2 Å². The summed E-state index contributed by atoms with van der Waals surface area (Å²) in [6, 6.07) is 9.58. The molecule has 4 nitrogen and oxygen atoms in total. The number of aromatic nitrogens is 1. The molecule has 0 spiro atoms. The van der Waals surface area contributed by atoms with Crippen LogP contribution in [0.3, 0.4) is 0 Å². The maximum atomic E-state index is 5.85. The van der Waals surface area contributed by atoms with Gasteiger partial charge >= 0.3 is 0 Å². The molecule has 0 bridgehead atoms. The van der Waals surface area contributed by atoms with Gasteiger partial charge in [-0.3, -0.25) is 4.98 Å². The summed E-state index contributed by atoms with van der Waals surface area (Å²) in [4.78, 5) is 4.28. The van der Waals surface area contributed by atoms with E-state index in [-0.39, 0.29) is 0 Å². The van der Waals surface area contributed by atoms with Crippen molar-refractivity contribution in [3.8, 4) is 11.5 Å². The van der Waals surface area contributed by atoms with Crippen LogP contribution in [0.25, 0.3) is 0 Å². The highest BCUT2D eigenvalue weighted by Crippen LogP contribution is 2.31. The van der Waals surface area contributed by atoms with Gasteiger partial charge < -0.3 is 15.2 Å². The highest BCUT2D eigenvalue weighted by Gasteiger charge is 2.10. The SMILES string of the molecule is CCOc1cccc(CN)c1OCc1ccc(Br)cn1. The third kappa shape index (κ3) is 3.71. The van der Waals surface area contributed by atoms with Crippen LogP contribution in [0.1, 0.15) is 18.2 Å². The van der Waals surface area contributed by atoms with Crippen LogP contribution >= 0.6 is 15.9 Å². The van der Waals surface area contributed by atoms with Crippen LogP contribution in [0.4, 0.5) is 0 Å². The summed E-state index contributed by atoms with van der Waals surface area (Å²) in [5.41, 5.74) is 7.52. The summed E-state index contributed by atoms with van der Waals surface area (Å²) in [5.74, 6) is 1.41. The van der Waals surface area contributed by atoms with Gasteiger partial charge in [-0.2, -0.15) is 0 Å². The molecular formula is C15H17BrN2O2. The highest BCUT2D eigenvalue weighted by molar-refractivity contribution is 9.10. The minimum Gasteiger partial charge on any atom is -0.490 e. The molecular weight excluding hydrogens is 320 g/mol. The zero-order valence-electron chi connectivity index (χ0n) is 11.3. The first kappa shape index (κ1) is 14.8. The van der Waals surface area contributed by atoms with Crippen LogP contribution < -0.4 is 15.2 Å². The molecule has 0 amide bonds. The first-order chi connectivity index (χ1) is 9.74. The number of nitrogens with two attached hydrogens (primary N) is 1. The Bertz CT molecular complexity index is 558. The fourth-order valence-electron chi connectivity index (χ4n) is 1.79. The van der Waals surface area contributed by atoms with E-state index >= 15 is 0 Å². The zero-order valence-corrected chi connectivity index (χ0v) is 12.9. The van der Waals surface area contributed by atoms with Gasteiger partial charge in [0.25, 0.3) is 0 Å². The molecule has 0 fully saturated rings. The Hall–Kier alpha value is -1.59. The highest BCUT2D eigenvalue weighted by atomic mass is 79.9. The van der Waals surface area contributed by atoms with Gasteiger partial charge in [-0.25, -0.2) is 0 Å². The van der Waals surface area contributed by atoms with E-state index in [9.17, 15) is 0 Å². The number of benzene rings is 1. The number of hydrogen-bond donors (Lipinski definition) is 1. The average molecular weight is 337 g/mol. The predicted octanol–water partition coefficient (Wildman–Crippen LogP) is 3.28. The van der Waals surface area contributed by atoms with Crippen molar-refractivity contribution in [3.05, 3.63) is 52.3 Å². The van der Waals surface area contributed by atoms with Gasteiger partial charge in [-0.05, 0) is 41.1 Å². The maximum absolute atomic E-state index is 5.85. The number of nitrogens with zero attached hydrogens (tertiary/aromatic N) is 1. The molecule has 0 unspecified atom stereocenters. The second kappa shape index (κ2) is 7.26. The third-order valence-corrected chi connectivity index (χ3v) is 3.20. The van der Waals surface area contributed by atoms with Gasteiger partial charge in [0.15, 0.2) is 11.5 Å². The molecule has 0 aliphatic carbocycles. The number of hydrogen-bond acceptors (Lipinski definition) is 4. The number of ether oxygens (including phenoxy) is 2. The van der Waals surface area contributed by atoms with Crippen molar-refractivity contribution in [2.45, 2.75) is 20.1 Å².